The van der Waals surface area contributed by atoms with E-state index in [1.165, 1.54) is 0 Å². The van der Waals surface area contributed by atoms with E-state index in [-0.39, 0.29) is 0 Å². The zero-order chi connectivity index (χ0) is 18.5. The van der Waals surface area contributed by atoms with E-state index in [1.54, 1.807) is 0 Å². The number of hydrogen-bond acceptors (Lipinski definition) is 2. The van der Waals surface area contributed by atoms with Crippen LogP contribution in [-0.2, 0) is 13.2 Å². The Bertz CT molecular complexity index is 874. The number of benzene rings is 3. The van der Waals surface area contributed by atoms with Crippen molar-refractivity contribution in [2.75, 3.05) is 5.32 Å². The molecular weight excluding hydrogens is 412 g/mol. The molecule has 3 rings (SSSR count). The minimum atomic E-state index is 0.293. The molecule has 6 heteroatoms. The van der Waals surface area contributed by atoms with E-state index in [2.05, 4.69) is 5.32 Å². The molecule has 3 aromatic carbocycles. The van der Waals surface area contributed by atoms with Crippen LogP contribution in [0.15, 0.2) is 60.7 Å². The van der Waals surface area contributed by atoms with Crippen LogP contribution in [0, 0.1) is 0 Å². The van der Waals surface area contributed by atoms with E-state index < -0.39 is 0 Å². The standard InChI is InChI=1S/C20H15Cl4NO/c21-15-5-7-16(8-6-15)25-11-13-9-18(23)20(19(24)10-13)26-12-14-3-1-2-4-17(14)22/h1-10,25H,11-12H2. The highest BCUT2D eigenvalue weighted by Gasteiger charge is 2.11. The van der Waals surface area contributed by atoms with Gasteiger partial charge in [-0.05, 0) is 48.0 Å². The van der Waals surface area contributed by atoms with E-state index in [0.29, 0.717) is 39.0 Å². The summed E-state index contributed by atoms with van der Waals surface area (Å²) < 4.78 is 5.78. The number of hydrogen-bond donors (Lipinski definition) is 1. The maximum Gasteiger partial charge on any atom is 0.156 e. The van der Waals surface area contributed by atoms with Crippen LogP contribution in [0.5, 0.6) is 5.75 Å². The lowest BCUT2D eigenvalue weighted by molar-refractivity contribution is 0.306. The molecule has 0 unspecified atom stereocenters. The second kappa shape index (κ2) is 8.88. The van der Waals surface area contributed by atoms with E-state index in [1.807, 2.05) is 60.7 Å². The molecule has 0 saturated heterocycles. The number of halogens is 4. The monoisotopic (exact) mass is 425 g/mol. The van der Waals surface area contributed by atoms with Gasteiger partial charge in [-0.2, -0.15) is 0 Å². The maximum atomic E-state index is 6.36. The topological polar surface area (TPSA) is 21.3 Å². The minimum Gasteiger partial charge on any atom is -0.486 e. The van der Waals surface area contributed by atoms with Crippen LogP contribution in [0.4, 0.5) is 5.69 Å². The van der Waals surface area contributed by atoms with Gasteiger partial charge in [0, 0.05) is 27.8 Å². The van der Waals surface area contributed by atoms with Crippen LogP contribution >= 0.6 is 46.4 Å². The third-order valence-corrected chi connectivity index (χ3v) is 4.91. The molecule has 0 saturated carbocycles. The average Bonchev–Trinajstić information content (AvgIpc) is 2.62. The number of ether oxygens (including phenoxy) is 1. The molecule has 0 fully saturated rings. The zero-order valence-electron chi connectivity index (χ0n) is 13.6. The molecule has 0 aliphatic rings. The first kappa shape index (κ1) is 19.2. The maximum absolute atomic E-state index is 6.36. The van der Waals surface area contributed by atoms with Crippen molar-refractivity contribution in [3.8, 4) is 5.75 Å². The molecule has 3 aromatic rings. The van der Waals surface area contributed by atoms with Gasteiger partial charge in [-0.15, -0.1) is 0 Å². The van der Waals surface area contributed by atoms with Crippen LogP contribution in [0.3, 0.4) is 0 Å². The fourth-order valence-corrected chi connectivity index (χ4v) is 3.35. The summed E-state index contributed by atoms with van der Waals surface area (Å²) in [4.78, 5) is 0. The Morgan fingerprint density at radius 3 is 2.08 bits per heavy atom. The van der Waals surface area contributed by atoms with Crippen LogP contribution < -0.4 is 10.1 Å². The predicted molar refractivity (Wildman–Crippen MR) is 111 cm³/mol. The molecule has 0 bridgehead atoms. The molecule has 0 radical (unpaired) electrons. The van der Waals surface area contributed by atoms with E-state index in [9.17, 15) is 0 Å². The van der Waals surface area contributed by atoms with Crippen molar-refractivity contribution in [1.29, 1.82) is 0 Å². The van der Waals surface area contributed by atoms with Crippen molar-refractivity contribution in [3.63, 3.8) is 0 Å². The van der Waals surface area contributed by atoms with Gasteiger partial charge in [0.15, 0.2) is 5.75 Å². The lowest BCUT2D eigenvalue weighted by Gasteiger charge is -2.13. The second-order valence-electron chi connectivity index (χ2n) is 5.63. The fraction of sp³-hybridized carbons (Fsp3) is 0.100. The lowest BCUT2D eigenvalue weighted by Crippen LogP contribution is -2.01. The molecule has 0 aliphatic carbocycles. The summed E-state index contributed by atoms with van der Waals surface area (Å²) in [5, 5.41) is 5.54. The van der Waals surface area contributed by atoms with Gasteiger partial charge < -0.3 is 10.1 Å². The van der Waals surface area contributed by atoms with Crippen molar-refractivity contribution in [1.82, 2.24) is 0 Å². The molecule has 0 aliphatic heterocycles. The van der Waals surface area contributed by atoms with E-state index >= 15 is 0 Å². The van der Waals surface area contributed by atoms with Crippen molar-refractivity contribution in [2.45, 2.75) is 13.2 Å². The van der Waals surface area contributed by atoms with Gasteiger partial charge in [-0.3, -0.25) is 0 Å². The summed E-state index contributed by atoms with van der Waals surface area (Å²) in [5.74, 6) is 0.448. The average molecular weight is 427 g/mol. The number of rotatable bonds is 6. The molecule has 0 atom stereocenters. The highest BCUT2D eigenvalue weighted by Crippen LogP contribution is 2.35. The fourth-order valence-electron chi connectivity index (χ4n) is 2.39. The first-order valence-corrected chi connectivity index (χ1v) is 9.37. The first-order valence-electron chi connectivity index (χ1n) is 7.86. The first-order chi connectivity index (χ1) is 12.5. The van der Waals surface area contributed by atoms with Crippen molar-refractivity contribution < 1.29 is 4.74 Å². The van der Waals surface area contributed by atoms with Gasteiger partial charge in [0.25, 0.3) is 0 Å². The van der Waals surface area contributed by atoms with Crippen LogP contribution in [0.25, 0.3) is 0 Å². The smallest absolute Gasteiger partial charge is 0.156 e. The Morgan fingerprint density at radius 2 is 1.42 bits per heavy atom. The quantitative estimate of drug-likeness (QED) is 0.440. The van der Waals surface area contributed by atoms with Crippen LogP contribution in [0.1, 0.15) is 11.1 Å². The van der Waals surface area contributed by atoms with Crippen molar-refractivity contribution in [3.05, 3.63) is 91.9 Å². The van der Waals surface area contributed by atoms with Crippen LogP contribution in [0.2, 0.25) is 20.1 Å². The Kier molecular flexibility index (Phi) is 6.55. The summed E-state index contributed by atoms with van der Waals surface area (Å²) in [6.45, 7) is 0.868. The Labute approximate surface area is 172 Å². The molecule has 0 amide bonds. The molecule has 0 heterocycles. The third-order valence-electron chi connectivity index (χ3n) is 3.73. The highest BCUT2D eigenvalue weighted by atomic mass is 35.5. The second-order valence-corrected chi connectivity index (χ2v) is 7.29. The van der Waals surface area contributed by atoms with E-state index in [0.717, 1.165) is 16.8 Å². The van der Waals surface area contributed by atoms with Gasteiger partial charge in [0.05, 0.1) is 10.0 Å². The van der Waals surface area contributed by atoms with Gasteiger partial charge in [0.1, 0.15) is 6.61 Å². The molecule has 2 nitrogen and oxygen atoms in total. The minimum absolute atomic E-state index is 0.293. The number of anilines is 1. The van der Waals surface area contributed by atoms with E-state index in [4.69, 9.17) is 51.1 Å². The molecule has 1 N–H and O–H groups in total. The van der Waals surface area contributed by atoms with Gasteiger partial charge in [0.2, 0.25) is 0 Å². The molecular formula is C20H15Cl4NO. The Balaban J connectivity index is 1.67. The van der Waals surface area contributed by atoms with Crippen molar-refractivity contribution >= 4 is 52.1 Å². The SMILES string of the molecule is Clc1ccc(NCc2cc(Cl)c(OCc3ccccc3Cl)c(Cl)c2)cc1. The molecule has 0 aromatic heterocycles. The Morgan fingerprint density at radius 1 is 0.769 bits per heavy atom. The number of nitrogens with one attached hydrogen (secondary N) is 1. The van der Waals surface area contributed by atoms with Crippen LogP contribution in [-0.4, -0.2) is 0 Å². The predicted octanol–water partition coefficient (Wildman–Crippen LogP) is 7.49. The molecule has 134 valence electrons. The largest absolute Gasteiger partial charge is 0.486 e. The molecule has 26 heavy (non-hydrogen) atoms. The van der Waals surface area contributed by atoms with Gasteiger partial charge in [-0.25, -0.2) is 0 Å². The van der Waals surface area contributed by atoms with Gasteiger partial charge >= 0.3 is 0 Å². The van der Waals surface area contributed by atoms with Crippen molar-refractivity contribution in [2.24, 2.45) is 0 Å². The lowest BCUT2D eigenvalue weighted by atomic mass is 10.2. The summed E-state index contributed by atoms with van der Waals surface area (Å²) in [5.41, 5.74) is 2.77. The Hall–Kier alpha value is -1.58. The highest BCUT2D eigenvalue weighted by molar-refractivity contribution is 6.37. The van der Waals surface area contributed by atoms with Gasteiger partial charge in [-0.1, -0.05) is 64.6 Å². The summed E-state index contributed by atoms with van der Waals surface area (Å²) in [6, 6.07) is 18.6. The molecule has 0 spiro atoms. The normalized spacial score (nSPS) is 10.6. The zero-order valence-corrected chi connectivity index (χ0v) is 16.6. The summed E-state index contributed by atoms with van der Waals surface area (Å²) >= 11 is 24.7. The summed E-state index contributed by atoms with van der Waals surface area (Å²) in [6.07, 6.45) is 0. The third kappa shape index (κ3) is 4.99. The summed E-state index contributed by atoms with van der Waals surface area (Å²) in [7, 11) is 0.